The van der Waals surface area contributed by atoms with Gasteiger partial charge in [-0.3, -0.25) is 9.89 Å². The molecule has 0 spiro atoms. The molecule has 1 amide bonds. The van der Waals surface area contributed by atoms with Gasteiger partial charge in [0.05, 0.1) is 0 Å². The lowest BCUT2D eigenvalue weighted by atomic mass is 9.97. The summed E-state index contributed by atoms with van der Waals surface area (Å²) in [4.78, 5) is 14.8. The zero-order valence-corrected chi connectivity index (χ0v) is 14.4. The number of hydrogen-bond donors (Lipinski definition) is 2. The topological polar surface area (TPSA) is 61.0 Å². The summed E-state index contributed by atoms with van der Waals surface area (Å²) in [5, 5.41) is 10.2. The Labute approximate surface area is 133 Å². The average Bonchev–Trinajstić information content (AvgIpc) is 2.86. The number of aryl methyl sites for hydroxylation is 1. The number of aromatic amines is 1. The molecule has 0 bridgehead atoms. The molecular formula is C17H30N4O. The van der Waals surface area contributed by atoms with Crippen LogP contribution in [-0.2, 0) is 6.42 Å². The predicted molar refractivity (Wildman–Crippen MR) is 89.0 cm³/mol. The molecule has 5 heteroatoms. The van der Waals surface area contributed by atoms with E-state index in [1.54, 1.807) is 0 Å². The second kappa shape index (κ2) is 7.27. The molecule has 1 aromatic rings. The fraction of sp³-hybridized carbons (Fsp3) is 0.765. The van der Waals surface area contributed by atoms with Gasteiger partial charge >= 0.3 is 0 Å². The van der Waals surface area contributed by atoms with Crippen molar-refractivity contribution in [3.8, 4) is 0 Å². The highest BCUT2D eigenvalue weighted by Gasteiger charge is 2.27. The lowest BCUT2D eigenvalue weighted by Crippen LogP contribution is -2.53. The molecule has 124 valence electrons. The summed E-state index contributed by atoms with van der Waals surface area (Å²) in [5.41, 5.74) is 1.26. The van der Waals surface area contributed by atoms with Crippen molar-refractivity contribution in [1.29, 1.82) is 0 Å². The highest BCUT2D eigenvalue weighted by Crippen LogP contribution is 2.18. The first kappa shape index (κ1) is 17.0. The quantitative estimate of drug-likeness (QED) is 0.849. The number of carbonyl (C=O) groups is 1. The van der Waals surface area contributed by atoms with Crippen molar-refractivity contribution in [1.82, 2.24) is 20.4 Å². The van der Waals surface area contributed by atoms with Crippen LogP contribution in [0.2, 0.25) is 0 Å². The number of nitrogens with one attached hydrogen (secondary N) is 2. The third-order valence-electron chi connectivity index (χ3n) is 4.19. The van der Waals surface area contributed by atoms with Crippen LogP contribution in [0.3, 0.4) is 0 Å². The minimum atomic E-state index is -0.252. The molecule has 1 aliphatic rings. The van der Waals surface area contributed by atoms with E-state index in [2.05, 4.69) is 48.1 Å². The summed E-state index contributed by atoms with van der Waals surface area (Å²) >= 11 is 0. The van der Waals surface area contributed by atoms with Crippen molar-refractivity contribution in [3.05, 3.63) is 17.5 Å². The van der Waals surface area contributed by atoms with Crippen LogP contribution in [0.1, 0.15) is 63.1 Å². The van der Waals surface area contributed by atoms with Gasteiger partial charge in [-0.1, -0.05) is 20.3 Å². The van der Waals surface area contributed by atoms with Crippen molar-refractivity contribution in [3.63, 3.8) is 0 Å². The lowest BCUT2D eigenvalue weighted by molar-refractivity contribution is 0.0858. The highest BCUT2D eigenvalue weighted by atomic mass is 16.2. The zero-order chi connectivity index (χ0) is 16.2. The molecule has 22 heavy (non-hydrogen) atoms. The Bertz CT molecular complexity index is 495. The lowest BCUT2D eigenvalue weighted by Gasteiger charge is -2.37. The summed E-state index contributed by atoms with van der Waals surface area (Å²) in [5.74, 6) is 0.664. The molecule has 2 rings (SSSR count). The number of amides is 1. The highest BCUT2D eigenvalue weighted by molar-refractivity contribution is 5.92. The van der Waals surface area contributed by atoms with Gasteiger partial charge < -0.3 is 10.2 Å². The molecule has 2 N–H and O–H groups in total. The normalized spacial score (nSPS) is 20.1. The van der Waals surface area contributed by atoms with Gasteiger partial charge in [-0.05, 0) is 51.6 Å². The molecule has 0 aromatic carbocycles. The first-order valence-electron chi connectivity index (χ1n) is 8.49. The van der Waals surface area contributed by atoms with Gasteiger partial charge in [0.2, 0.25) is 0 Å². The molecule has 0 aliphatic carbocycles. The maximum atomic E-state index is 12.4. The minimum absolute atomic E-state index is 0.0892. The SMILES string of the molecule is CCCc1cc(C(=O)NC(C)(C)CN2CCC[C@H](C)C2)n[nH]1. The van der Waals surface area contributed by atoms with E-state index in [-0.39, 0.29) is 11.4 Å². The van der Waals surface area contributed by atoms with Crippen LogP contribution in [0, 0.1) is 5.92 Å². The van der Waals surface area contributed by atoms with Crippen molar-refractivity contribution in [2.45, 2.75) is 58.9 Å². The molecule has 1 aromatic heterocycles. The van der Waals surface area contributed by atoms with Gasteiger partial charge in [0, 0.05) is 24.3 Å². The van der Waals surface area contributed by atoms with Gasteiger partial charge in [0.15, 0.2) is 0 Å². The standard InChI is InChI=1S/C17H30N4O/c1-5-7-14-10-15(20-19-14)16(22)18-17(3,4)12-21-9-6-8-13(2)11-21/h10,13H,5-9,11-12H2,1-4H3,(H,18,22)(H,19,20)/t13-/m0/s1. The number of rotatable bonds is 6. The van der Waals surface area contributed by atoms with E-state index in [0.717, 1.165) is 44.1 Å². The van der Waals surface area contributed by atoms with Crippen LogP contribution in [-0.4, -0.2) is 46.2 Å². The molecule has 1 saturated heterocycles. The predicted octanol–water partition coefficient (Wildman–Crippen LogP) is 2.60. The van der Waals surface area contributed by atoms with Crippen LogP contribution < -0.4 is 5.32 Å². The van der Waals surface area contributed by atoms with Gasteiger partial charge in [0.25, 0.3) is 5.91 Å². The van der Waals surface area contributed by atoms with Crippen molar-refractivity contribution >= 4 is 5.91 Å². The first-order valence-corrected chi connectivity index (χ1v) is 8.49. The first-order chi connectivity index (χ1) is 10.4. The Morgan fingerprint density at radius 2 is 2.32 bits per heavy atom. The smallest absolute Gasteiger partial charge is 0.272 e. The zero-order valence-electron chi connectivity index (χ0n) is 14.4. The summed E-state index contributed by atoms with van der Waals surface area (Å²) in [6.07, 6.45) is 4.54. The minimum Gasteiger partial charge on any atom is -0.344 e. The summed E-state index contributed by atoms with van der Waals surface area (Å²) in [6, 6.07) is 1.86. The van der Waals surface area contributed by atoms with Gasteiger partial charge in [-0.25, -0.2) is 0 Å². The van der Waals surface area contributed by atoms with E-state index in [0.29, 0.717) is 5.69 Å². The van der Waals surface area contributed by atoms with Crippen LogP contribution in [0.5, 0.6) is 0 Å². The molecule has 0 saturated carbocycles. The van der Waals surface area contributed by atoms with Crippen LogP contribution in [0.15, 0.2) is 6.07 Å². The Morgan fingerprint density at radius 1 is 1.55 bits per heavy atom. The summed E-state index contributed by atoms with van der Waals surface area (Å²) < 4.78 is 0. The molecule has 1 fully saturated rings. The number of nitrogens with zero attached hydrogens (tertiary/aromatic N) is 2. The number of likely N-dealkylation sites (tertiary alicyclic amines) is 1. The largest absolute Gasteiger partial charge is 0.344 e. The van der Waals surface area contributed by atoms with Crippen molar-refractivity contribution in [2.24, 2.45) is 5.92 Å². The Balaban J connectivity index is 1.90. The Morgan fingerprint density at radius 3 is 3.00 bits per heavy atom. The maximum Gasteiger partial charge on any atom is 0.272 e. The average molecular weight is 306 g/mol. The van der Waals surface area contributed by atoms with Gasteiger partial charge in [-0.2, -0.15) is 5.10 Å². The third kappa shape index (κ3) is 4.83. The van der Waals surface area contributed by atoms with E-state index in [4.69, 9.17) is 0 Å². The number of carbonyl (C=O) groups excluding carboxylic acids is 1. The Hall–Kier alpha value is -1.36. The molecule has 1 atom stereocenters. The Kier molecular flexibility index (Phi) is 5.62. The fourth-order valence-corrected chi connectivity index (χ4v) is 3.28. The monoisotopic (exact) mass is 306 g/mol. The van der Waals surface area contributed by atoms with Crippen molar-refractivity contribution in [2.75, 3.05) is 19.6 Å². The number of H-pyrrole nitrogens is 1. The van der Waals surface area contributed by atoms with E-state index in [1.165, 1.54) is 12.8 Å². The molecule has 0 unspecified atom stereocenters. The number of piperidine rings is 1. The van der Waals surface area contributed by atoms with E-state index in [1.807, 2.05) is 6.07 Å². The van der Waals surface area contributed by atoms with Gasteiger partial charge in [0.1, 0.15) is 5.69 Å². The van der Waals surface area contributed by atoms with E-state index in [9.17, 15) is 4.79 Å². The summed E-state index contributed by atoms with van der Waals surface area (Å²) in [6.45, 7) is 11.7. The van der Waals surface area contributed by atoms with Gasteiger partial charge in [-0.15, -0.1) is 0 Å². The van der Waals surface area contributed by atoms with Crippen LogP contribution in [0.25, 0.3) is 0 Å². The molecule has 0 radical (unpaired) electrons. The second-order valence-electron chi connectivity index (χ2n) is 7.35. The second-order valence-corrected chi connectivity index (χ2v) is 7.35. The molecule has 1 aliphatic heterocycles. The van der Waals surface area contributed by atoms with E-state index >= 15 is 0 Å². The third-order valence-corrected chi connectivity index (χ3v) is 4.19. The molecule has 2 heterocycles. The van der Waals surface area contributed by atoms with Crippen molar-refractivity contribution < 1.29 is 4.79 Å². The maximum absolute atomic E-state index is 12.4. The number of hydrogen-bond acceptors (Lipinski definition) is 3. The van der Waals surface area contributed by atoms with Crippen LogP contribution >= 0.6 is 0 Å². The fourth-order valence-electron chi connectivity index (χ4n) is 3.28. The van der Waals surface area contributed by atoms with E-state index < -0.39 is 0 Å². The molecule has 5 nitrogen and oxygen atoms in total. The number of aromatic nitrogens is 2. The summed E-state index contributed by atoms with van der Waals surface area (Å²) in [7, 11) is 0. The molecular weight excluding hydrogens is 276 g/mol. The van der Waals surface area contributed by atoms with Crippen LogP contribution in [0.4, 0.5) is 0 Å².